The molecule has 1 aromatic carbocycles. The quantitative estimate of drug-likeness (QED) is 0.856. The summed E-state index contributed by atoms with van der Waals surface area (Å²) in [6.45, 7) is 2.04. The SMILES string of the molecule is COc1cccc([C@@H]2CCCN2Cc2nccn2C)c1. The van der Waals surface area contributed by atoms with Gasteiger partial charge in [0.25, 0.3) is 0 Å². The lowest BCUT2D eigenvalue weighted by atomic mass is 10.0. The maximum Gasteiger partial charge on any atom is 0.122 e. The average Bonchev–Trinajstić information content (AvgIpc) is 3.09. The average molecular weight is 271 g/mol. The van der Waals surface area contributed by atoms with Gasteiger partial charge in [-0.2, -0.15) is 0 Å². The fourth-order valence-electron chi connectivity index (χ4n) is 2.97. The van der Waals surface area contributed by atoms with E-state index in [4.69, 9.17) is 4.74 Å². The first kappa shape index (κ1) is 13.2. The summed E-state index contributed by atoms with van der Waals surface area (Å²) >= 11 is 0. The highest BCUT2D eigenvalue weighted by Crippen LogP contribution is 2.34. The van der Waals surface area contributed by atoms with Gasteiger partial charge in [0.1, 0.15) is 11.6 Å². The maximum atomic E-state index is 5.34. The van der Waals surface area contributed by atoms with Crippen molar-refractivity contribution in [3.63, 3.8) is 0 Å². The number of likely N-dealkylation sites (tertiary alicyclic amines) is 1. The molecule has 20 heavy (non-hydrogen) atoms. The van der Waals surface area contributed by atoms with Gasteiger partial charge in [-0.15, -0.1) is 0 Å². The number of ether oxygens (including phenoxy) is 1. The van der Waals surface area contributed by atoms with E-state index in [9.17, 15) is 0 Å². The van der Waals surface area contributed by atoms with Crippen LogP contribution in [0.25, 0.3) is 0 Å². The second-order valence-electron chi connectivity index (χ2n) is 5.36. The van der Waals surface area contributed by atoms with Crippen LogP contribution in [0.4, 0.5) is 0 Å². The van der Waals surface area contributed by atoms with Crippen molar-refractivity contribution >= 4 is 0 Å². The summed E-state index contributed by atoms with van der Waals surface area (Å²) in [5.74, 6) is 2.06. The molecule has 0 radical (unpaired) electrons. The zero-order valence-corrected chi connectivity index (χ0v) is 12.1. The summed E-state index contributed by atoms with van der Waals surface area (Å²) in [5, 5.41) is 0. The Morgan fingerprint density at radius 1 is 1.40 bits per heavy atom. The van der Waals surface area contributed by atoms with Crippen LogP contribution in [0.3, 0.4) is 0 Å². The molecule has 0 bridgehead atoms. The minimum absolute atomic E-state index is 0.474. The van der Waals surface area contributed by atoms with Crippen molar-refractivity contribution in [2.45, 2.75) is 25.4 Å². The second-order valence-corrected chi connectivity index (χ2v) is 5.36. The Bertz CT molecular complexity index is 579. The molecule has 0 spiro atoms. The molecule has 1 atom stereocenters. The lowest BCUT2D eigenvalue weighted by molar-refractivity contribution is 0.239. The number of methoxy groups -OCH3 is 1. The Hall–Kier alpha value is -1.81. The zero-order valence-electron chi connectivity index (χ0n) is 12.1. The van der Waals surface area contributed by atoms with Crippen molar-refractivity contribution in [2.24, 2.45) is 7.05 Å². The Morgan fingerprint density at radius 2 is 2.30 bits per heavy atom. The Balaban J connectivity index is 1.79. The first-order valence-electron chi connectivity index (χ1n) is 7.12. The normalized spacial score (nSPS) is 19.4. The number of aromatic nitrogens is 2. The number of aryl methyl sites for hydroxylation is 1. The molecule has 4 heteroatoms. The summed E-state index contributed by atoms with van der Waals surface area (Å²) < 4.78 is 7.44. The van der Waals surface area contributed by atoms with Crippen molar-refractivity contribution in [3.05, 3.63) is 48.0 Å². The van der Waals surface area contributed by atoms with Gasteiger partial charge in [-0.3, -0.25) is 4.90 Å². The monoisotopic (exact) mass is 271 g/mol. The highest BCUT2D eigenvalue weighted by atomic mass is 16.5. The summed E-state index contributed by atoms with van der Waals surface area (Å²) in [5.41, 5.74) is 1.34. The largest absolute Gasteiger partial charge is 0.497 e. The van der Waals surface area contributed by atoms with Crippen molar-refractivity contribution in [1.82, 2.24) is 14.5 Å². The third-order valence-electron chi connectivity index (χ3n) is 4.11. The summed E-state index contributed by atoms with van der Waals surface area (Å²) in [6.07, 6.45) is 6.32. The van der Waals surface area contributed by atoms with Gasteiger partial charge in [0, 0.05) is 25.5 Å². The molecule has 2 heterocycles. The van der Waals surface area contributed by atoms with Crippen LogP contribution in [-0.2, 0) is 13.6 Å². The third-order valence-corrected chi connectivity index (χ3v) is 4.11. The third kappa shape index (κ3) is 2.56. The van der Waals surface area contributed by atoms with Crippen LogP contribution in [0.1, 0.15) is 30.3 Å². The Kier molecular flexibility index (Phi) is 3.74. The molecular formula is C16H21N3O. The molecule has 1 aliphatic rings. The van der Waals surface area contributed by atoms with Gasteiger partial charge < -0.3 is 9.30 Å². The van der Waals surface area contributed by atoms with E-state index in [1.165, 1.54) is 18.4 Å². The Labute approximate surface area is 120 Å². The number of imidazole rings is 1. The van der Waals surface area contributed by atoms with E-state index in [1.807, 2.05) is 18.5 Å². The number of hydrogen-bond acceptors (Lipinski definition) is 3. The molecule has 1 saturated heterocycles. The number of hydrogen-bond donors (Lipinski definition) is 0. The van der Waals surface area contributed by atoms with Gasteiger partial charge in [-0.1, -0.05) is 12.1 Å². The molecule has 0 unspecified atom stereocenters. The van der Waals surface area contributed by atoms with Crippen LogP contribution in [0.5, 0.6) is 5.75 Å². The lowest BCUT2D eigenvalue weighted by Gasteiger charge is -2.24. The van der Waals surface area contributed by atoms with Gasteiger partial charge in [-0.25, -0.2) is 4.98 Å². The first-order chi connectivity index (χ1) is 9.78. The van der Waals surface area contributed by atoms with Gasteiger partial charge in [0.15, 0.2) is 0 Å². The maximum absolute atomic E-state index is 5.34. The van der Waals surface area contributed by atoms with E-state index in [1.54, 1.807) is 7.11 Å². The zero-order chi connectivity index (χ0) is 13.9. The van der Waals surface area contributed by atoms with Crippen LogP contribution in [0.2, 0.25) is 0 Å². The molecule has 106 valence electrons. The van der Waals surface area contributed by atoms with Crippen molar-refractivity contribution in [1.29, 1.82) is 0 Å². The van der Waals surface area contributed by atoms with Crippen LogP contribution >= 0.6 is 0 Å². The molecule has 0 N–H and O–H groups in total. The first-order valence-corrected chi connectivity index (χ1v) is 7.12. The molecule has 0 aliphatic carbocycles. The molecule has 1 aromatic heterocycles. The van der Waals surface area contributed by atoms with Crippen molar-refractivity contribution < 1.29 is 4.74 Å². The summed E-state index contributed by atoms with van der Waals surface area (Å²) in [6, 6.07) is 8.90. The number of nitrogens with zero attached hydrogens (tertiary/aromatic N) is 3. The van der Waals surface area contributed by atoms with Gasteiger partial charge >= 0.3 is 0 Å². The van der Waals surface area contributed by atoms with Gasteiger partial charge in [0.05, 0.1) is 13.7 Å². The standard InChI is InChI=1S/C16H21N3O/c1-18-10-8-17-16(18)12-19-9-4-7-15(19)13-5-3-6-14(11-13)20-2/h3,5-6,8,10-11,15H,4,7,9,12H2,1-2H3/t15-/m0/s1. The molecule has 3 rings (SSSR count). The van der Waals surface area contributed by atoms with Crippen molar-refractivity contribution in [3.8, 4) is 5.75 Å². The minimum Gasteiger partial charge on any atom is -0.497 e. The number of rotatable bonds is 4. The highest BCUT2D eigenvalue weighted by molar-refractivity contribution is 5.31. The van der Waals surface area contributed by atoms with Crippen LogP contribution in [-0.4, -0.2) is 28.1 Å². The van der Waals surface area contributed by atoms with E-state index >= 15 is 0 Å². The van der Waals surface area contributed by atoms with E-state index < -0.39 is 0 Å². The fourth-order valence-corrected chi connectivity index (χ4v) is 2.97. The predicted octanol–water partition coefficient (Wildman–Crippen LogP) is 2.77. The fraction of sp³-hybridized carbons (Fsp3) is 0.438. The van der Waals surface area contributed by atoms with E-state index in [2.05, 4.69) is 39.7 Å². The van der Waals surface area contributed by atoms with E-state index in [-0.39, 0.29) is 0 Å². The smallest absolute Gasteiger partial charge is 0.122 e. The number of benzene rings is 1. The van der Waals surface area contributed by atoms with Crippen molar-refractivity contribution in [2.75, 3.05) is 13.7 Å². The minimum atomic E-state index is 0.474. The lowest BCUT2D eigenvalue weighted by Crippen LogP contribution is -2.24. The predicted molar refractivity (Wildman–Crippen MR) is 78.6 cm³/mol. The molecule has 0 amide bonds. The molecule has 1 fully saturated rings. The molecule has 0 saturated carbocycles. The van der Waals surface area contributed by atoms with Gasteiger partial charge in [0.2, 0.25) is 0 Å². The van der Waals surface area contributed by atoms with E-state index in [0.717, 1.165) is 24.7 Å². The second kappa shape index (κ2) is 5.67. The molecule has 4 nitrogen and oxygen atoms in total. The highest BCUT2D eigenvalue weighted by Gasteiger charge is 2.27. The molecule has 2 aromatic rings. The van der Waals surface area contributed by atoms with Gasteiger partial charge in [-0.05, 0) is 37.1 Å². The van der Waals surface area contributed by atoms with Crippen LogP contribution in [0.15, 0.2) is 36.7 Å². The van der Waals surface area contributed by atoms with Crippen LogP contribution < -0.4 is 4.74 Å². The van der Waals surface area contributed by atoms with Crippen LogP contribution in [0, 0.1) is 0 Å². The summed E-state index contributed by atoms with van der Waals surface area (Å²) in [4.78, 5) is 6.95. The summed E-state index contributed by atoms with van der Waals surface area (Å²) in [7, 11) is 3.78. The van der Waals surface area contributed by atoms with E-state index in [0.29, 0.717) is 6.04 Å². The molecule has 1 aliphatic heterocycles. The molecular weight excluding hydrogens is 250 g/mol. The Morgan fingerprint density at radius 3 is 3.05 bits per heavy atom. The topological polar surface area (TPSA) is 30.3 Å².